The molecule has 0 saturated carbocycles. The minimum absolute atomic E-state index is 0.212. The van der Waals surface area contributed by atoms with E-state index < -0.39 is 0 Å². The van der Waals surface area contributed by atoms with Crippen LogP contribution in [0.15, 0.2) is 21.6 Å². The van der Waals surface area contributed by atoms with E-state index in [1.165, 1.54) is 0 Å². The minimum atomic E-state index is -0.212. The SMILES string of the molecule is CNC(=O)c1ccc2onc3c2c1OCC=N3. The summed E-state index contributed by atoms with van der Waals surface area (Å²) in [6.07, 6.45) is 1.59. The van der Waals surface area contributed by atoms with E-state index >= 15 is 0 Å². The molecule has 1 aliphatic rings. The van der Waals surface area contributed by atoms with Crippen LogP contribution >= 0.6 is 0 Å². The van der Waals surface area contributed by atoms with Crippen LogP contribution in [0.2, 0.25) is 0 Å². The van der Waals surface area contributed by atoms with Gasteiger partial charge in [-0.2, -0.15) is 0 Å². The van der Waals surface area contributed by atoms with Gasteiger partial charge in [0.25, 0.3) is 5.91 Å². The van der Waals surface area contributed by atoms with Crippen molar-refractivity contribution in [2.75, 3.05) is 13.7 Å². The molecule has 0 unspecified atom stereocenters. The molecular formula is C11H9N3O3. The van der Waals surface area contributed by atoms with Gasteiger partial charge >= 0.3 is 0 Å². The van der Waals surface area contributed by atoms with E-state index in [0.29, 0.717) is 34.7 Å². The molecule has 17 heavy (non-hydrogen) atoms. The lowest BCUT2D eigenvalue weighted by Gasteiger charge is -2.08. The fraction of sp³-hybridized carbons (Fsp3) is 0.182. The minimum Gasteiger partial charge on any atom is -0.486 e. The lowest BCUT2D eigenvalue weighted by atomic mass is 10.1. The van der Waals surface area contributed by atoms with Gasteiger partial charge in [0.15, 0.2) is 5.58 Å². The van der Waals surface area contributed by atoms with Crippen LogP contribution in [-0.4, -0.2) is 30.9 Å². The molecule has 1 N–H and O–H groups in total. The molecule has 0 aliphatic carbocycles. The van der Waals surface area contributed by atoms with Crippen LogP contribution in [-0.2, 0) is 0 Å². The maximum Gasteiger partial charge on any atom is 0.254 e. The van der Waals surface area contributed by atoms with Gasteiger partial charge in [0.1, 0.15) is 17.7 Å². The van der Waals surface area contributed by atoms with Crippen LogP contribution in [0.1, 0.15) is 10.4 Å². The predicted octanol–water partition coefficient (Wildman–Crippen LogP) is 1.28. The molecule has 2 heterocycles. The quantitative estimate of drug-likeness (QED) is 0.802. The Morgan fingerprint density at radius 2 is 2.35 bits per heavy atom. The van der Waals surface area contributed by atoms with Gasteiger partial charge in [0, 0.05) is 13.3 Å². The number of carbonyl (C=O) groups is 1. The maximum absolute atomic E-state index is 11.7. The maximum atomic E-state index is 11.7. The normalized spacial score (nSPS) is 13.2. The number of hydrogen-bond donors (Lipinski definition) is 1. The molecule has 3 rings (SSSR count). The topological polar surface area (TPSA) is 76.7 Å². The van der Waals surface area contributed by atoms with Gasteiger partial charge in [0.05, 0.1) is 5.56 Å². The highest BCUT2D eigenvalue weighted by Gasteiger charge is 2.21. The van der Waals surface area contributed by atoms with Crippen molar-refractivity contribution in [3.63, 3.8) is 0 Å². The van der Waals surface area contributed by atoms with Gasteiger partial charge in [-0.05, 0) is 12.1 Å². The van der Waals surface area contributed by atoms with E-state index in [4.69, 9.17) is 9.26 Å². The first-order chi connectivity index (χ1) is 8.31. The summed E-state index contributed by atoms with van der Waals surface area (Å²) in [6.45, 7) is 0.305. The fourth-order valence-electron chi connectivity index (χ4n) is 1.79. The zero-order valence-corrected chi connectivity index (χ0v) is 9.06. The first-order valence-corrected chi connectivity index (χ1v) is 5.11. The smallest absolute Gasteiger partial charge is 0.254 e. The Morgan fingerprint density at radius 1 is 1.47 bits per heavy atom. The first kappa shape index (κ1) is 9.83. The van der Waals surface area contributed by atoms with Gasteiger partial charge in [-0.3, -0.25) is 4.79 Å². The third kappa shape index (κ3) is 1.37. The van der Waals surface area contributed by atoms with E-state index in [9.17, 15) is 4.79 Å². The highest BCUT2D eigenvalue weighted by Crippen LogP contribution is 2.37. The summed E-state index contributed by atoms with van der Waals surface area (Å²) in [7, 11) is 1.57. The molecule has 0 spiro atoms. The lowest BCUT2D eigenvalue weighted by Crippen LogP contribution is -2.19. The van der Waals surface area contributed by atoms with E-state index in [2.05, 4.69) is 15.5 Å². The van der Waals surface area contributed by atoms with E-state index in [1.54, 1.807) is 25.4 Å². The van der Waals surface area contributed by atoms with Crippen LogP contribution in [0.25, 0.3) is 11.0 Å². The van der Waals surface area contributed by atoms with E-state index in [-0.39, 0.29) is 5.91 Å². The summed E-state index contributed by atoms with van der Waals surface area (Å²) >= 11 is 0. The molecule has 1 aliphatic heterocycles. The number of aliphatic imine (C=N–C) groups is 1. The van der Waals surface area contributed by atoms with Crippen molar-refractivity contribution in [3.05, 3.63) is 17.7 Å². The molecule has 6 heteroatoms. The number of ether oxygens (including phenoxy) is 1. The zero-order valence-electron chi connectivity index (χ0n) is 9.06. The summed E-state index contributed by atoms with van der Waals surface area (Å²) in [6, 6.07) is 3.33. The van der Waals surface area contributed by atoms with Gasteiger partial charge in [-0.1, -0.05) is 5.16 Å². The number of benzene rings is 1. The van der Waals surface area contributed by atoms with Gasteiger partial charge in [0.2, 0.25) is 5.82 Å². The van der Waals surface area contributed by atoms with Crippen molar-refractivity contribution in [1.82, 2.24) is 10.5 Å². The highest BCUT2D eigenvalue weighted by molar-refractivity contribution is 6.06. The molecule has 1 aromatic heterocycles. The second kappa shape index (κ2) is 3.58. The highest BCUT2D eigenvalue weighted by atomic mass is 16.5. The monoisotopic (exact) mass is 231 g/mol. The summed E-state index contributed by atoms with van der Waals surface area (Å²) < 4.78 is 10.6. The van der Waals surface area contributed by atoms with Gasteiger partial charge < -0.3 is 14.6 Å². The molecule has 2 aromatic rings. The standard InChI is InChI=1S/C11H9N3O3/c1-12-11(15)6-2-3-7-8-9(6)16-5-4-13-10(8)14-17-7/h2-4H,5H2,1H3,(H,12,15). The summed E-state index contributed by atoms with van der Waals surface area (Å²) in [5.74, 6) is 0.699. The second-order valence-corrected chi connectivity index (χ2v) is 3.52. The molecule has 1 amide bonds. The van der Waals surface area contributed by atoms with Crippen LogP contribution < -0.4 is 10.1 Å². The molecule has 1 aromatic carbocycles. The second-order valence-electron chi connectivity index (χ2n) is 3.52. The first-order valence-electron chi connectivity index (χ1n) is 5.11. The predicted molar refractivity (Wildman–Crippen MR) is 61.0 cm³/mol. The Bertz CT molecular complexity index is 630. The molecule has 6 nitrogen and oxygen atoms in total. The van der Waals surface area contributed by atoms with Crippen molar-refractivity contribution in [2.24, 2.45) is 4.99 Å². The molecule has 0 atom stereocenters. The third-order valence-electron chi connectivity index (χ3n) is 2.56. The molecule has 0 fully saturated rings. The molecule has 86 valence electrons. The fourth-order valence-corrected chi connectivity index (χ4v) is 1.79. The van der Waals surface area contributed by atoms with Crippen molar-refractivity contribution in [1.29, 1.82) is 0 Å². The summed E-state index contributed by atoms with van der Waals surface area (Å²) in [5.41, 5.74) is 1.01. The van der Waals surface area contributed by atoms with Crippen LogP contribution in [0.5, 0.6) is 5.75 Å². The third-order valence-corrected chi connectivity index (χ3v) is 2.56. The Hall–Kier alpha value is -2.37. The number of aromatic nitrogens is 1. The number of rotatable bonds is 1. The van der Waals surface area contributed by atoms with Crippen molar-refractivity contribution in [3.8, 4) is 5.75 Å². The number of carbonyl (C=O) groups excluding carboxylic acids is 1. The van der Waals surface area contributed by atoms with E-state index in [1.807, 2.05) is 0 Å². The number of amides is 1. The Morgan fingerprint density at radius 3 is 3.18 bits per heavy atom. The Balaban J connectivity index is 2.34. The van der Waals surface area contributed by atoms with Gasteiger partial charge in [-0.15, -0.1) is 0 Å². The number of nitrogens with one attached hydrogen (secondary N) is 1. The lowest BCUT2D eigenvalue weighted by molar-refractivity contribution is 0.0960. The average molecular weight is 231 g/mol. The number of hydrogen-bond acceptors (Lipinski definition) is 5. The zero-order chi connectivity index (χ0) is 11.8. The van der Waals surface area contributed by atoms with Crippen molar-refractivity contribution < 1.29 is 14.1 Å². The largest absolute Gasteiger partial charge is 0.486 e. The molecule has 0 bridgehead atoms. The van der Waals surface area contributed by atoms with E-state index in [0.717, 1.165) is 0 Å². The van der Waals surface area contributed by atoms with Crippen LogP contribution in [0.4, 0.5) is 5.82 Å². The van der Waals surface area contributed by atoms with Gasteiger partial charge in [-0.25, -0.2) is 4.99 Å². The van der Waals surface area contributed by atoms with Crippen molar-refractivity contribution >= 4 is 28.9 Å². The average Bonchev–Trinajstić information content (AvgIpc) is 2.64. The summed E-state index contributed by atoms with van der Waals surface area (Å²) in [4.78, 5) is 15.8. The Labute approximate surface area is 96.3 Å². The summed E-state index contributed by atoms with van der Waals surface area (Å²) in [5, 5.41) is 7.03. The Kier molecular flexibility index (Phi) is 2.07. The van der Waals surface area contributed by atoms with Crippen molar-refractivity contribution in [2.45, 2.75) is 0 Å². The van der Waals surface area contributed by atoms with Crippen LogP contribution in [0, 0.1) is 0 Å². The molecule has 0 radical (unpaired) electrons. The molecule has 0 saturated heterocycles. The van der Waals surface area contributed by atoms with Crippen LogP contribution in [0.3, 0.4) is 0 Å². The number of nitrogens with zero attached hydrogens (tertiary/aromatic N) is 2. The molecular weight excluding hydrogens is 222 g/mol.